The third-order valence-electron chi connectivity index (χ3n) is 4.65. The van der Waals surface area contributed by atoms with Gasteiger partial charge in [-0.25, -0.2) is 9.67 Å². The zero-order chi connectivity index (χ0) is 17.4. The average molecular weight is 349 g/mol. The van der Waals surface area contributed by atoms with Crippen molar-refractivity contribution in [1.82, 2.24) is 14.8 Å². The Hall–Kier alpha value is -2.65. The van der Waals surface area contributed by atoms with E-state index in [4.69, 9.17) is 0 Å². The second-order valence-corrected chi connectivity index (χ2v) is 7.52. The second kappa shape index (κ2) is 6.34. The Kier molecular flexibility index (Phi) is 4.02. The Bertz CT molecular complexity index is 943. The van der Waals surface area contributed by atoms with Crippen LogP contribution >= 0.6 is 11.3 Å². The molecule has 0 aliphatic heterocycles. The molecule has 0 fully saturated rings. The van der Waals surface area contributed by atoms with E-state index in [1.165, 1.54) is 16.9 Å². The van der Waals surface area contributed by atoms with Crippen LogP contribution in [0.15, 0.2) is 30.6 Å². The zero-order valence-electron chi connectivity index (χ0n) is 14.4. The van der Waals surface area contributed by atoms with E-state index in [2.05, 4.69) is 45.3 Å². The molecule has 1 aliphatic carbocycles. The molecule has 2 aromatic heterocycles. The summed E-state index contributed by atoms with van der Waals surface area (Å²) in [5, 5.41) is 15.0. The average Bonchev–Trinajstić information content (AvgIpc) is 3.25. The summed E-state index contributed by atoms with van der Waals surface area (Å²) < 4.78 is 1.83. The highest BCUT2D eigenvalue weighted by Crippen LogP contribution is 2.37. The first-order chi connectivity index (χ1) is 12.2. The van der Waals surface area contributed by atoms with E-state index >= 15 is 0 Å². The Balaban J connectivity index is 1.80. The highest BCUT2D eigenvalue weighted by atomic mass is 32.1. The van der Waals surface area contributed by atoms with Crippen molar-refractivity contribution in [3.8, 4) is 22.5 Å². The number of nitrogens with zero attached hydrogens (tertiary/aromatic N) is 5. The molecule has 0 unspecified atom stereocenters. The molecule has 3 aromatic rings. The number of nitriles is 1. The Morgan fingerprint density at radius 2 is 1.92 bits per heavy atom. The number of thiophene rings is 1. The van der Waals surface area contributed by atoms with Gasteiger partial charge in [0, 0.05) is 30.2 Å². The van der Waals surface area contributed by atoms with Gasteiger partial charge in [-0.3, -0.25) is 0 Å². The summed E-state index contributed by atoms with van der Waals surface area (Å²) in [7, 11) is 4.04. The van der Waals surface area contributed by atoms with Crippen LogP contribution in [0.3, 0.4) is 0 Å². The summed E-state index contributed by atoms with van der Waals surface area (Å²) in [6.07, 6.45) is 5.99. The Morgan fingerprint density at radius 1 is 1.16 bits per heavy atom. The lowest BCUT2D eigenvalue weighted by molar-refractivity contribution is 0.695. The molecule has 0 saturated heterocycles. The molecule has 1 aliphatic rings. The van der Waals surface area contributed by atoms with Crippen molar-refractivity contribution in [2.24, 2.45) is 0 Å². The standard InChI is InChI=1S/C19H19N5S/c1-23(2)14-9-7-13(8-10-14)18-21-12-22-24(18)19-16(11-20)15-5-3-4-6-17(15)25-19/h7-10,12H,3-6H2,1-2H3. The molecule has 0 atom stereocenters. The molecule has 1 aromatic carbocycles. The normalized spacial score (nSPS) is 13.3. The Morgan fingerprint density at radius 3 is 2.64 bits per heavy atom. The van der Waals surface area contributed by atoms with E-state index in [0.29, 0.717) is 0 Å². The van der Waals surface area contributed by atoms with Crippen LogP contribution in [0, 0.1) is 11.3 Å². The molecule has 0 bridgehead atoms. The van der Waals surface area contributed by atoms with Gasteiger partial charge in [-0.05, 0) is 55.5 Å². The molecule has 25 heavy (non-hydrogen) atoms. The van der Waals surface area contributed by atoms with Gasteiger partial charge >= 0.3 is 0 Å². The molecule has 0 spiro atoms. The van der Waals surface area contributed by atoms with Gasteiger partial charge in [-0.15, -0.1) is 11.3 Å². The number of aromatic nitrogens is 3. The van der Waals surface area contributed by atoms with Crippen molar-refractivity contribution in [3.05, 3.63) is 46.6 Å². The number of hydrogen-bond acceptors (Lipinski definition) is 5. The van der Waals surface area contributed by atoms with Crippen LogP contribution in [0.4, 0.5) is 5.69 Å². The van der Waals surface area contributed by atoms with Crippen LogP contribution in [0.2, 0.25) is 0 Å². The maximum Gasteiger partial charge on any atom is 0.164 e. The maximum absolute atomic E-state index is 9.71. The van der Waals surface area contributed by atoms with Gasteiger partial charge in [0.15, 0.2) is 5.82 Å². The minimum absolute atomic E-state index is 0.774. The number of anilines is 1. The molecule has 0 saturated carbocycles. The predicted molar refractivity (Wildman–Crippen MR) is 100 cm³/mol. The monoisotopic (exact) mass is 349 g/mol. The summed E-state index contributed by atoms with van der Waals surface area (Å²) in [5.41, 5.74) is 4.13. The number of hydrogen-bond donors (Lipinski definition) is 0. The van der Waals surface area contributed by atoms with Crippen molar-refractivity contribution in [1.29, 1.82) is 5.26 Å². The molecule has 5 nitrogen and oxygen atoms in total. The number of fused-ring (bicyclic) bond motifs is 1. The fourth-order valence-electron chi connectivity index (χ4n) is 3.31. The lowest BCUT2D eigenvalue weighted by atomic mass is 9.96. The molecular weight excluding hydrogens is 330 g/mol. The summed E-state index contributed by atoms with van der Waals surface area (Å²) in [5.74, 6) is 0.778. The minimum Gasteiger partial charge on any atom is -0.378 e. The third-order valence-corrected chi connectivity index (χ3v) is 5.91. The van der Waals surface area contributed by atoms with Gasteiger partial charge in [0.1, 0.15) is 17.4 Å². The zero-order valence-corrected chi connectivity index (χ0v) is 15.2. The van der Waals surface area contributed by atoms with Crippen molar-refractivity contribution in [3.63, 3.8) is 0 Å². The van der Waals surface area contributed by atoms with Crippen LogP contribution < -0.4 is 4.90 Å². The molecule has 2 heterocycles. The molecule has 6 heteroatoms. The lowest BCUT2D eigenvalue weighted by Crippen LogP contribution is -2.08. The summed E-state index contributed by atoms with van der Waals surface area (Å²) >= 11 is 1.69. The molecule has 4 rings (SSSR count). The minimum atomic E-state index is 0.774. The van der Waals surface area contributed by atoms with Crippen molar-refractivity contribution < 1.29 is 0 Å². The van der Waals surface area contributed by atoms with Gasteiger partial charge in [-0.2, -0.15) is 10.4 Å². The van der Waals surface area contributed by atoms with Crippen molar-refractivity contribution >= 4 is 17.0 Å². The van der Waals surface area contributed by atoms with Crippen molar-refractivity contribution in [2.75, 3.05) is 19.0 Å². The van der Waals surface area contributed by atoms with Crippen LogP contribution in [0.5, 0.6) is 0 Å². The fourth-order valence-corrected chi connectivity index (χ4v) is 4.61. The number of benzene rings is 1. The van der Waals surface area contributed by atoms with Crippen molar-refractivity contribution in [2.45, 2.75) is 25.7 Å². The van der Waals surface area contributed by atoms with Gasteiger partial charge in [0.05, 0.1) is 5.56 Å². The molecule has 0 amide bonds. The first-order valence-electron chi connectivity index (χ1n) is 8.42. The first kappa shape index (κ1) is 15.9. The van der Waals surface area contributed by atoms with E-state index in [-0.39, 0.29) is 0 Å². The van der Waals surface area contributed by atoms with Gasteiger partial charge in [-0.1, -0.05) is 0 Å². The van der Waals surface area contributed by atoms with E-state index in [1.54, 1.807) is 17.7 Å². The lowest BCUT2D eigenvalue weighted by Gasteiger charge is -2.12. The highest BCUT2D eigenvalue weighted by molar-refractivity contribution is 7.15. The van der Waals surface area contributed by atoms with Gasteiger partial charge in [0.2, 0.25) is 0 Å². The third kappa shape index (κ3) is 2.71. The largest absolute Gasteiger partial charge is 0.378 e. The summed E-state index contributed by atoms with van der Waals surface area (Å²) in [6, 6.07) is 10.6. The van der Waals surface area contributed by atoms with Crippen LogP contribution in [0.25, 0.3) is 16.4 Å². The summed E-state index contributed by atoms with van der Waals surface area (Å²) in [6.45, 7) is 0. The maximum atomic E-state index is 9.71. The molecular formula is C19H19N5S. The predicted octanol–water partition coefficient (Wildman–Crippen LogP) is 3.81. The Labute approximate surface area is 151 Å². The number of aryl methyl sites for hydroxylation is 1. The van der Waals surface area contributed by atoms with Crippen LogP contribution in [-0.4, -0.2) is 28.9 Å². The fraction of sp³-hybridized carbons (Fsp3) is 0.316. The van der Waals surface area contributed by atoms with E-state index in [1.807, 2.05) is 18.8 Å². The van der Waals surface area contributed by atoms with E-state index < -0.39 is 0 Å². The van der Waals surface area contributed by atoms with E-state index in [0.717, 1.165) is 46.9 Å². The first-order valence-corrected chi connectivity index (χ1v) is 9.23. The van der Waals surface area contributed by atoms with Crippen LogP contribution in [-0.2, 0) is 12.8 Å². The van der Waals surface area contributed by atoms with E-state index in [9.17, 15) is 5.26 Å². The quantitative estimate of drug-likeness (QED) is 0.721. The van der Waals surface area contributed by atoms with Gasteiger partial charge in [0.25, 0.3) is 0 Å². The van der Waals surface area contributed by atoms with Crippen LogP contribution in [0.1, 0.15) is 28.8 Å². The summed E-state index contributed by atoms with van der Waals surface area (Å²) in [4.78, 5) is 7.85. The number of rotatable bonds is 3. The van der Waals surface area contributed by atoms with Gasteiger partial charge < -0.3 is 4.90 Å². The smallest absolute Gasteiger partial charge is 0.164 e. The second-order valence-electron chi connectivity index (χ2n) is 6.44. The highest BCUT2D eigenvalue weighted by Gasteiger charge is 2.23. The topological polar surface area (TPSA) is 57.7 Å². The SMILES string of the molecule is CN(C)c1ccc(-c2ncnn2-c2sc3c(c2C#N)CCCC3)cc1. The molecule has 0 radical (unpaired) electrons. The molecule has 126 valence electrons. The molecule has 0 N–H and O–H groups in total.